The van der Waals surface area contributed by atoms with Gasteiger partial charge in [-0.15, -0.1) is 11.8 Å². The van der Waals surface area contributed by atoms with E-state index in [0.29, 0.717) is 0 Å². The second kappa shape index (κ2) is 4.33. The molecule has 1 aliphatic heterocycles. The number of hydrogen-bond acceptors (Lipinski definition) is 3. The van der Waals surface area contributed by atoms with Crippen molar-refractivity contribution < 1.29 is 0 Å². The van der Waals surface area contributed by atoms with Gasteiger partial charge in [-0.05, 0) is 12.1 Å². The van der Waals surface area contributed by atoms with E-state index in [4.69, 9.17) is 0 Å². The molecule has 0 bridgehead atoms. The molecule has 0 radical (unpaired) electrons. The van der Waals surface area contributed by atoms with Crippen molar-refractivity contribution in [1.82, 2.24) is 5.32 Å². The maximum Gasteiger partial charge on any atom is 0.107 e. The highest BCUT2D eigenvalue weighted by atomic mass is 32.2. The quantitative estimate of drug-likeness (QED) is 0.738. The van der Waals surface area contributed by atoms with Crippen molar-refractivity contribution >= 4 is 17.6 Å². The number of nitrogens with zero attached hydrogens (tertiary/aromatic N) is 1. The van der Waals surface area contributed by atoms with Crippen LogP contribution in [0.4, 0.5) is 0 Å². The van der Waals surface area contributed by atoms with Crippen LogP contribution in [0.2, 0.25) is 0 Å². The Morgan fingerprint density at radius 1 is 1.31 bits per heavy atom. The van der Waals surface area contributed by atoms with Crippen LogP contribution in [0, 0.1) is 0 Å². The molecule has 0 spiro atoms. The average Bonchev–Trinajstić information content (AvgIpc) is 2.69. The summed E-state index contributed by atoms with van der Waals surface area (Å²) in [7, 11) is 0. The van der Waals surface area contributed by atoms with Gasteiger partial charge in [0, 0.05) is 11.4 Å². The van der Waals surface area contributed by atoms with Gasteiger partial charge in [0.15, 0.2) is 0 Å². The molecule has 0 saturated heterocycles. The van der Waals surface area contributed by atoms with E-state index >= 15 is 0 Å². The van der Waals surface area contributed by atoms with Crippen molar-refractivity contribution in [1.29, 1.82) is 0 Å². The lowest BCUT2D eigenvalue weighted by Gasteiger charge is -2.01. The molecule has 0 saturated carbocycles. The van der Waals surface area contributed by atoms with Gasteiger partial charge in [0.05, 0.1) is 12.3 Å². The van der Waals surface area contributed by atoms with Crippen LogP contribution in [0.5, 0.6) is 0 Å². The fourth-order valence-electron chi connectivity index (χ4n) is 1.21. The van der Waals surface area contributed by atoms with Gasteiger partial charge < -0.3 is 5.32 Å². The molecule has 2 rings (SSSR count). The Bertz CT molecular complexity index is 295. The molecule has 68 valence electrons. The van der Waals surface area contributed by atoms with Crippen LogP contribution in [0.25, 0.3) is 0 Å². The van der Waals surface area contributed by atoms with Crippen LogP contribution in [-0.2, 0) is 0 Å². The molecular formula is C10H12N2S. The van der Waals surface area contributed by atoms with Gasteiger partial charge in [-0.3, -0.25) is 4.99 Å². The molecule has 3 heteroatoms. The lowest BCUT2D eigenvalue weighted by Crippen LogP contribution is -2.20. The van der Waals surface area contributed by atoms with Crippen LogP contribution in [0.3, 0.4) is 0 Å². The SMILES string of the molecule is c1ccc(SCC2=NCCN2)cc1. The summed E-state index contributed by atoms with van der Waals surface area (Å²) < 4.78 is 0. The second-order valence-corrected chi connectivity index (χ2v) is 3.91. The summed E-state index contributed by atoms with van der Waals surface area (Å²) in [5.41, 5.74) is 0. The largest absolute Gasteiger partial charge is 0.371 e. The molecule has 0 unspecified atom stereocenters. The number of benzene rings is 1. The summed E-state index contributed by atoms with van der Waals surface area (Å²) in [5.74, 6) is 2.10. The number of aliphatic imine (C=N–C) groups is 1. The first-order valence-electron chi connectivity index (χ1n) is 4.40. The summed E-state index contributed by atoms with van der Waals surface area (Å²) in [6, 6.07) is 10.4. The standard InChI is InChI=1S/C10H12N2S/c1-2-4-9(5-3-1)13-8-10-11-6-7-12-10/h1-5H,6-8H2,(H,11,12). The van der Waals surface area contributed by atoms with Gasteiger partial charge in [-0.25, -0.2) is 0 Å². The van der Waals surface area contributed by atoms with E-state index in [1.54, 1.807) is 0 Å². The molecule has 1 aromatic carbocycles. The third kappa shape index (κ3) is 2.49. The van der Waals surface area contributed by atoms with Crippen LogP contribution in [0.1, 0.15) is 0 Å². The Hall–Kier alpha value is -0.960. The Morgan fingerprint density at radius 2 is 2.15 bits per heavy atom. The van der Waals surface area contributed by atoms with Crippen LogP contribution in [-0.4, -0.2) is 24.7 Å². The van der Waals surface area contributed by atoms with E-state index in [-0.39, 0.29) is 0 Å². The lowest BCUT2D eigenvalue weighted by atomic mass is 10.4. The predicted octanol–water partition coefficient (Wildman–Crippen LogP) is 1.78. The Kier molecular flexibility index (Phi) is 2.87. The van der Waals surface area contributed by atoms with Crippen molar-refractivity contribution in [2.24, 2.45) is 4.99 Å². The van der Waals surface area contributed by atoms with Crippen LogP contribution < -0.4 is 5.32 Å². The predicted molar refractivity (Wildman–Crippen MR) is 57.5 cm³/mol. The third-order valence-electron chi connectivity index (χ3n) is 1.86. The molecule has 0 aliphatic carbocycles. The zero-order valence-electron chi connectivity index (χ0n) is 7.36. The van der Waals surface area contributed by atoms with Gasteiger partial charge in [-0.1, -0.05) is 18.2 Å². The first-order chi connectivity index (χ1) is 6.45. The molecule has 1 N–H and O–H groups in total. The molecule has 1 aliphatic rings. The first kappa shape index (κ1) is 8.63. The van der Waals surface area contributed by atoms with Gasteiger partial charge in [-0.2, -0.15) is 0 Å². The van der Waals surface area contributed by atoms with Gasteiger partial charge in [0.1, 0.15) is 5.84 Å². The van der Waals surface area contributed by atoms with Crippen LogP contribution in [0.15, 0.2) is 40.2 Å². The molecule has 1 heterocycles. The van der Waals surface area contributed by atoms with Crippen molar-refractivity contribution in [2.45, 2.75) is 4.90 Å². The molecule has 0 aromatic heterocycles. The Balaban J connectivity index is 1.86. The molecule has 1 aromatic rings. The highest BCUT2D eigenvalue weighted by Gasteiger charge is 2.04. The summed E-state index contributed by atoms with van der Waals surface area (Å²) in [5, 5.41) is 3.26. The van der Waals surface area contributed by atoms with Crippen molar-refractivity contribution in [3.8, 4) is 0 Å². The summed E-state index contributed by atoms with van der Waals surface area (Å²) in [6.07, 6.45) is 0. The minimum Gasteiger partial charge on any atom is -0.371 e. The zero-order valence-corrected chi connectivity index (χ0v) is 8.18. The minimum absolute atomic E-state index is 0.935. The van der Waals surface area contributed by atoms with E-state index in [9.17, 15) is 0 Å². The number of nitrogens with one attached hydrogen (secondary N) is 1. The number of rotatable bonds is 3. The molecule has 2 nitrogen and oxygen atoms in total. The van der Waals surface area contributed by atoms with Crippen LogP contribution >= 0.6 is 11.8 Å². The van der Waals surface area contributed by atoms with Crippen molar-refractivity contribution in [2.75, 3.05) is 18.8 Å². The number of amidine groups is 1. The van der Waals surface area contributed by atoms with E-state index < -0.39 is 0 Å². The molecule has 0 fully saturated rings. The monoisotopic (exact) mass is 192 g/mol. The number of hydrogen-bond donors (Lipinski definition) is 1. The second-order valence-electron chi connectivity index (χ2n) is 2.86. The molecule has 13 heavy (non-hydrogen) atoms. The van der Waals surface area contributed by atoms with Gasteiger partial charge in [0.25, 0.3) is 0 Å². The topological polar surface area (TPSA) is 24.4 Å². The minimum atomic E-state index is 0.935. The number of thioether (sulfide) groups is 1. The zero-order chi connectivity index (χ0) is 8.93. The molecule has 0 amide bonds. The average molecular weight is 192 g/mol. The Morgan fingerprint density at radius 3 is 2.85 bits per heavy atom. The summed E-state index contributed by atoms with van der Waals surface area (Å²) >= 11 is 1.82. The molecular weight excluding hydrogens is 180 g/mol. The van der Waals surface area contributed by atoms with E-state index in [2.05, 4.69) is 34.6 Å². The lowest BCUT2D eigenvalue weighted by molar-refractivity contribution is 0.959. The highest BCUT2D eigenvalue weighted by molar-refractivity contribution is 8.00. The first-order valence-corrected chi connectivity index (χ1v) is 5.39. The maximum absolute atomic E-state index is 4.34. The fourth-order valence-corrected chi connectivity index (χ4v) is 2.06. The Labute approximate surface area is 82.5 Å². The maximum atomic E-state index is 4.34. The third-order valence-corrected chi connectivity index (χ3v) is 2.89. The fraction of sp³-hybridized carbons (Fsp3) is 0.300. The van der Waals surface area contributed by atoms with E-state index in [0.717, 1.165) is 24.7 Å². The summed E-state index contributed by atoms with van der Waals surface area (Å²) in [6.45, 7) is 1.94. The van der Waals surface area contributed by atoms with E-state index in [1.807, 2.05) is 17.8 Å². The molecule has 0 atom stereocenters. The normalized spacial score (nSPS) is 15.2. The van der Waals surface area contributed by atoms with Crippen molar-refractivity contribution in [3.05, 3.63) is 30.3 Å². The van der Waals surface area contributed by atoms with E-state index in [1.165, 1.54) is 4.90 Å². The smallest absolute Gasteiger partial charge is 0.107 e. The van der Waals surface area contributed by atoms with Crippen molar-refractivity contribution in [3.63, 3.8) is 0 Å². The summed E-state index contributed by atoms with van der Waals surface area (Å²) in [4.78, 5) is 5.64. The van der Waals surface area contributed by atoms with Gasteiger partial charge >= 0.3 is 0 Å². The van der Waals surface area contributed by atoms with Gasteiger partial charge in [0.2, 0.25) is 0 Å². The highest BCUT2D eigenvalue weighted by Crippen LogP contribution is 2.16.